The molecule has 11 heteroatoms. The SMILES string of the molecule is CC#CCOc1ccc(S(=O)(=O)N2C[C@@H](CNC(=O)OC(C)(C)C)SC(C)(C)[C@@H]2C(=O)O)cc1. The molecule has 2 N–H and O–H groups in total. The van der Waals surface area contributed by atoms with E-state index in [9.17, 15) is 23.1 Å². The molecule has 0 aromatic heterocycles. The minimum absolute atomic E-state index is 0.0470. The largest absolute Gasteiger partial charge is 0.481 e. The third-order valence-corrected chi connectivity index (χ3v) is 8.15. The summed E-state index contributed by atoms with van der Waals surface area (Å²) in [4.78, 5) is 24.2. The van der Waals surface area contributed by atoms with Gasteiger partial charge in [0, 0.05) is 23.1 Å². The second kappa shape index (κ2) is 10.9. The number of amides is 1. The molecule has 1 heterocycles. The summed E-state index contributed by atoms with van der Waals surface area (Å²) in [6, 6.07) is 4.48. The van der Waals surface area contributed by atoms with E-state index in [1.54, 1.807) is 41.5 Å². The van der Waals surface area contributed by atoms with Crippen molar-refractivity contribution in [3.8, 4) is 17.6 Å². The third kappa shape index (κ3) is 7.29. The van der Waals surface area contributed by atoms with Gasteiger partial charge in [-0.2, -0.15) is 4.31 Å². The zero-order chi connectivity index (χ0) is 25.7. The quantitative estimate of drug-likeness (QED) is 0.535. The Morgan fingerprint density at radius 1 is 1.26 bits per heavy atom. The minimum Gasteiger partial charge on any atom is -0.481 e. The van der Waals surface area contributed by atoms with Gasteiger partial charge < -0.3 is 19.9 Å². The van der Waals surface area contributed by atoms with Crippen LogP contribution in [-0.4, -0.2) is 71.2 Å². The number of alkyl carbamates (subject to hydrolysis) is 1. The summed E-state index contributed by atoms with van der Waals surface area (Å²) in [6.45, 7) is 10.5. The third-order valence-electron chi connectivity index (χ3n) is 4.83. The van der Waals surface area contributed by atoms with Crippen LogP contribution in [0.5, 0.6) is 5.75 Å². The topological polar surface area (TPSA) is 122 Å². The molecule has 0 saturated carbocycles. The van der Waals surface area contributed by atoms with E-state index in [1.165, 1.54) is 36.0 Å². The first-order chi connectivity index (χ1) is 15.7. The highest BCUT2D eigenvalue weighted by Gasteiger charge is 2.51. The van der Waals surface area contributed by atoms with E-state index >= 15 is 0 Å². The van der Waals surface area contributed by atoms with Crippen molar-refractivity contribution in [2.24, 2.45) is 0 Å². The Kier molecular flexibility index (Phi) is 8.91. The summed E-state index contributed by atoms with van der Waals surface area (Å²) in [5.41, 5.74) is -0.675. The van der Waals surface area contributed by atoms with Crippen LogP contribution in [0, 0.1) is 11.8 Å². The highest BCUT2D eigenvalue weighted by atomic mass is 32.2. The monoisotopic (exact) mass is 512 g/mol. The molecule has 0 spiro atoms. The molecule has 0 radical (unpaired) electrons. The number of carboxylic acid groups (broad SMARTS) is 1. The fourth-order valence-electron chi connectivity index (χ4n) is 3.49. The predicted molar refractivity (Wildman–Crippen MR) is 130 cm³/mol. The normalized spacial score (nSPS) is 20.5. The molecular weight excluding hydrogens is 480 g/mol. The summed E-state index contributed by atoms with van der Waals surface area (Å²) in [5, 5.41) is 12.2. The van der Waals surface area contributed by atoms with Crippen molar-refractivity contribution in [2.75, 3.05) is 19.7 Å². The van der Waals surface area contributed by atoms with Crippen LogP contribution < -0.4 is 10.1 Å². The van der Waals surface area contributed by atoms with Gasteiger partial charge in [-0.3, -0.25) is 4.79 Å². The molecule has 1 amide bonds. The Labute approximate surface area is 205 Å². The fraction of sp³-hybridized carbons (Fsp3) is 0.565. The number of thioether (sulfide) groups is 1. The fourth-order valence-corrected chi connectivity index (χ4v) is 7.03. The van der Waals surface area contributed by atoms with E-state index in [0.29, 0.717) is 5.75 Å². The smallest absolute Gasteiger partial charge is 0.407 e. The first-order valence-electron chi connectivity index (χ1n) is 10.7. The van der Waals surface area contributed by atoms with Crippen LogP contribution in [0.3, 0.4) is 0 Å². The number of nitrogens with zero attached hydrogens (tertiary/aromatic N) is 1. The summed E-state index contributed by atoms with van der Waals surface area (Å²) in [7, 11) is -4.16. The predicted octanol–water partition coefficient (Wildman–Crippen LogP) is 2.95. The van der Waals surface area contributed by atoms with Crippen LogP contribution in [-0.2, 0) is 19.6 Å². The van der Waals surface area contributed by atoms with Gasteiger partial charge in [-0.1, -0.05) is 5.92 Å². The van der Waals surface area contributed by atoms with E-state index in [0.717, 1.165) is 4.31 Å². The average molecular weight is 513 g/mol. The highest BCUT2D eigenvalue weighted by Crippen LogP contribution is 2.42. The van der Waals surface area contributed by atoms with Gasteiger partial charge in [-0.25, -0.2) is 13.2 Å². The number of ether oxygens (including phenoxy) is 2. The highest BCUT2D eigenvalue weighted by molar-refractivity contribution is 8.01. The maximum atomic E-state index is 13.5. The lowest BCUT2D eigenvalue weighted by Crippen LogP contribution is -2.61. The number of rotatable bonds is 7. The van der Waals surface area contributed by atoms with Gasteiger partial charge in [0.05, 0.1) is 4.90 Å². The van der Waals surface area contributed by atoms with Crippen molar-refractivity contribution in [3.05, 3.63) is 24.3 Å². The molecule has 1 saturated heterocycles. The molecule has 9 nitrogen and oxygen atoms in total. The van der Waals surface area contributed by atoms with E-state index < -0.39 is 38.5 Å². The number of hydrogen-bond acceptors (Lipinski definition) is 7. The Morgan fingerprint density at radius 2 is 1.88 bits per heavy atom. The lowest BCUT2D eigenvalue weighted by Gasteiger charge is -2.46. The van der Waals surface area contributed by atoms with Crippen LogP contribution >= 0.6 is 11.8 Å². The van der Waals surface area contributed by atoms with Crippen molar-refractivity contribution in [2.45, 2.75) is 68.1 Å². The summed E-state index contributed by atoms with van der Waals surface area (Å²) in [5.74, 6) is 4.67. The van der Waals surface area contributed by atoms with E-state index in [-0.39, 0.29) is 29.8 Å². The molecule has 188 valence electrons. The van der Waals surface area contributed by atoms with Crippen molar-refractivity contribution in [1.29, 1.82) is 0 Å². The van der Waals surface area contributed by atoms with Crippen LogP contribution in [0.2, 0.25) is 0 Å². The van der Waals surface area contributed by atoms with Crippen LogP contribution in [0.15, 0.2) is 29.2 Å². The molecular formula is C23H32N2O7S2. The standard InChI is InChI=1S/C23H32N2O7S2/c1-7-8-13-31-16-9-11-18(12-10-16)34(29,30)25-15-17(14-24-21(28)32-22(2,3)4)33-23(5,6)19(25)20(26)27/h9-12,17,19H,13-15H2,1-6H3,(H,24,28)(H,26,27)/t17-,19+/m1/s1. The lowest BCUT2D eigenvalue weighted by atomic mass is 10.0. The van der Waals surface area contributed by atoms with Gasteiger partial charge in [0.1, 0.15) is 24.0 Å². The summed E-state index contributed by atoms with van der Waals surface area (Å²) >= 11 is 1.32. The zero-order valence-corrected chi connectivity index (χ0v) is 21.9. The molecule has 1 aromatic carbocycles. The molecule has 34 heavy (non-hydrogen) atoms. The average Bonchev–Trinajstić information content (AvgIpc) is 2.70. The van der Waals surface area contributed by atoms with Crippen LogP contribution in [0.4, 0.5) is 4.79 Å². The van der Waals surface area contributed by atoms with Crippen molar-refractivity contribution in [3.63, 3.8) is 0 Å². The number of aliphatic carboxylic acids is 1. The number of carboxylic acids is 1. The molecule has 0 bridgehead atoms. The van der Waals surface area contributed by atoms with Gasteiger partial charge in [-0.15, -0.1) is 17.7 Å². The van der Waals surface area contributed by atoms with E-state index in [1.807, 2.05) is 0 Å². The van der Waals surface area contributed by atoms with Gasteiger partial charge in [0.25, 0.3) is 0 Å². The molecule has 1 aliphatic heterocycles. The van der Waals surface area contributed by atoms with Crippen molar-refractivity contribution in [1.82, 2.24) is 9.62 Å². The van der Waals surface area contributed by atoms with Crippen LogP contribution in [0.1, 0.15) is 41.5 Å². The molecule has 0 aliphatic carbocycles. The van der Waals surface area contributed by atoms with Crippen molar-refractivity contribution < 1.29 is 32.6 Å². The number of hydrogen-bond donors (Lipinski definition) is 2. The first kappa shape index (κ1) is 27.8. The Hall–Kier alpha value is -2.42. The van der Waals surface area contributed by atoms with E-state index in [2.05, 4.69) is 17.2 Å². The van der Waals surface area contributed by atoms with Gasteiger partial charge in [0.15, 0.2) is 0 Å². The molecule has 1 fully saturated rings. The maximum Gasteiger partial charge on any atom is 0.407 e. The van der Waals surface area contributed by atoms with E-state index in [4.69, 9.17) is 9.47 Å². The van der Waals surface area contributed by atoms with Gasteiger partial charge >= 0.3 is 12.1 Å². The minimum atomic E-state index is -4.16. The molecule has 2 atom stereocenters. The van der Waals surface area contributed by atoms with Gasteiger partial charge in [-0.05, 0) is 65.8 Å². The number of nitrogens with one attached hydrogen (secondary N) is 1. The lowest BCUT2D eigenvalue weighted by molar-refractivity contribution is -0.142. The number of carbonyl (C=O) groups is 2. The second-order valence-electron chi connectivity index (χ2n) is 9.23. The second-order valence-corrected chi connectivity index (χ2v) is 13.1. The molecule has 0 unspecified atom stereocenters. The maximum absolute atomic E-state index is 13.5. The summed E-state index contributed by atoms with van der Waals surface area (Å²) in [6.07, 6.45) is -0.621. The number of benzene rings is 1. The van der Waals surface area contributed by atoms with Crippen molar-refractivity contribution >= 4 is 33.8 Å². The summed E-state index contributed by atoms with van der Waals surface area (Å²) < 4.78 is 37.7. The Bertz CT molecular complexity index is 1050. The zero-order valence-electron chi connectivity index (χ0n) is 20.2. The molecule has 1 aliphatic rings. The first-order valence-corrected chi connectivity index (χ1v) is 13.0. The molecule has 2 rings (SSSR count). The molecule has 1 aromatic rings. The Morgan fingerprint density at radius 3 is 2.41 bits per heavy atom. The Balaban J connectivity index is 2.27. The van der Waals surface area contributed by atoms with Crippen LogP contribution in [0.25, 0.3) is 0 Å². The number of sulfonamides is 1. The number of carbonyl (C=O) groups excluding carboxylic acids is 1. The van der Waals surface area contributed by atoms with Gasteiger partial charge in [0.2, 0.25) is 10.0 Å².